The third-order valence-electron chi connectivity index (χ3n) is 0. The van der Waals surface area contributed by atoms with Crippen LogP contribution in [0.3, 0.4) is 0 Å². The number of phosphoric acid groups is 1. The Morgan fingerprint density at radius 2 is 1.14 bits per heavy atom. The Bertz CT molecular complexity index is 60.2. The fourth-order valence-electron chi connectivity index (χ4n) is 0. The van der Waals surface area contributed by atoms with Gasteiger partial charge in [-0.25, -0.2) is 4.57 Å². The molecule has 4 nitrogen and oxygen atoms in total. The molecule has 7 heteroatoms. The number of hydrogen-bond donors (Lipinski definition) is 3. The fourth-order valence-corrected chi connectivity index (χ4v) is 0. The van der Waals surface area contributed by atoms with Gasteiger partial charge in [0.2, 0.25) is 0 Å². The summed E-state index contributed by atoms with van der Waals surface area (Å²) in [4.78, 5) is 21.6. The molecule has 0 saturated carbocycles. The summed E-state index contributed by atoms with van der Waals surface area (Å²) in [5.74, 6) is 0. The Morgan fingerprint density at radius 3 is 1.14 bits per heavy atom. The molecule has 0 aromatic heterocycles. The first-order chi connectivity index (χ1) is 2.00. The Morgan fingerprint density at radius 1 is 1.14 bits per heavy atom. The summed E-state index contributed by atoms with van der Waals surface area (Å²) in [6.07, 6.45) is 0. The molecule has 1 radical (unpaired) electrons. The van der Waals surface area contributed by atoms with E-state index in [-0.39, 0.29) is 60.5 Å². The van der Waals surface area contributed by atoms with Crippen LogP contribution in [0.2, 0.25) is 0 Å². The van der Waals surface area contributed by atoms with Crippen molar-refractivity contribution in [2.45, 2.75) is 0 Å². The second-order valence-corrected chi connectivity index (χ2v) is 1.54. The normalized spacial score (nSPS) is 8.43. The first-order valence-electron chi connectivity index (χ1n) is 0.783. The summed E-state index contributed by atoms with van der Waals surface area (Å²) in [6, 6.07) is 0. The van der Waals surface area contributed by atoms with E-state index in [1.165, 1.54) is 0 Å². The van der Waals surface area contributed by atoms with Gasteiger partial charge in [-0.3, -0.25) is 0 Å². The molecular weight excluding hydrogens is 141 g/mol. The van der Waals surface area contributed by atoms with Gasteiger partial charge in [-0.2, -0.15) is 0 Å². The van der Waals surface area contributed by atoms with E-state index < -0.39 is 7.82 Å². The van der Waals surface area contributed by atoms with Crippen LogP contribution in [-0.4, -0.2) is 73.8 Å². The average molecular weight is 147 g/mol. The van der Waals surface area contributed by atoms with Gasteiger partial charge >= 0.3 is 66.9 Å². The molecule has 0 aliphatic carbocycles. The second-order valence-electron chi connectivity index (χ2n) is 0.513. The monoisotopic (exact) mass is 147 g/mol. The fraction of sp³-hybridized carbons (Fsp3) is 0. The molecule has 0 aliphatic heterocycles. The Kier molecular flexibility index (Phi) is 14.3. The van der Waals surface area contributed by atoms with Gasteiger partial charge in [0.25, 0.3) is 0 Å². The van der Waals surface area contributed by atoms with E-state index >= 15 is 0 Å². The maximum absolute atomic E-state index is 8.88. The molecule has 0 aromatic rings. The van der Waals surface area contributed by atoms with E-state index in [4.69, 9.17) is 19.2 Å². The van der Waals surface area contributed by atoms with E-state index in [0.29, 0.717) is 0 Å². The first kappa shape index (κ1) is 16.1. The van der Waals surface area contributed by atoms with Crippen LogP contribution in [0.1, 0.15) is 1.43 Å². The molecule has 3 N–H and O–H groups in total. The molecule has 0 heterocycles. The standard InChI is InChI=1S/2Na.H3O4P.3H/c;;1-5(2,3)4;;;/h;;(H3,1,2,3,4);;;. The van der Waals surface area contributed by atoms with Crippen molar-refractivity contribution in [1.82, 2.24) is 0 Å². The van der Waals surface area contributed by atoms with Crippen molar-refractivity contribution < 1.29 is 20.7 Å². The topological polar surface area (TPSA) is 77.8 Å². The third kappa shape index (κ3) is 68.0. The van der Waals surface area contributed by atoms with E-state index in [1.54, 1.807) is 0 Å². The maximum atomic E-state index is 8.88. The summed E-state index contributed by atoms with van der Waals surface area (Å²) < 4.78 is 8.88. The van der Waals surface area contributed by atoms with Crippen molar-refractivity contribution in [3.8, 4) is 0 Å². The zero-order valence-corrected chi connectivity index (χ0v) is 3.09. The minimum atomic E-state index is -4.64. The molecule has 0 aliphatic rings. The van der Waals surface area contributed by atoms with Gasteiger partial charge in [0.05, 0.1) is 0 Å². The molecule has 0 saturated heterocycles. The predicted molar refractivity (Wildman–Crippen MR) is 29.7 cm³/mol. The Balaban J connectivity index is -0.0000000267. The summed E-state index contributed by atoms with van der Waals surface area (Å²) in [5, 5.41) is 0. The van der Waals surface area contributed by atoms with E-state index in [1.807, 2.05) is 0 Å². The average Bonchev–Trinajstić information content (AvgIpc) is 0.722. The summed E-state index contributed by atoms with van der Waals surface area (Å²) in [6.45, 7) is 0. The molecular formula is H6Na2O4P. The van der Waals surface area contributed by atoms with Crippen molar-refractivity contribution in [2.24, 2.45) is 0 Å². The zero-order valence-electron chi connectivity index (χ0n) is 3.20. The van der Waals surface area contributed by atoms with Crippen molar-refractivity contribution in [3.63, 3.8) is 0 Å². The SMILES string of the molecule is O=P(O)(O)O.[H].[NaH].[NaH]. The van der Waals surface area contributed by atoms with Crippen LogP contribution in [0.25, 0.3) is 0 Å². The molecule has 0 atom stereocenters. The minimum absolute atomic E-state index is 0. The van der Waals surface area contributed by atoms with Gasteiger partial charge in [0.15, 0.2) is 0 Å². The predicted octanol–water partition coefficient (Wildman–Crippen LogP) is -2.11. The van der Waals surface area contributed by atoms with Crippen molar-refractivity contribution >= 4 is 66.9 Å². The molecule has 0 aromatic carbocycles. The van der Waals surface area contributed by atoms with Crippen LogP contribution in [0.5, 0.6) is 0 Å². The van der Waals surface area contributed by atoms with Crippen LogP contribution in [-0.2, 0) is 4.57 Å². The molecule has 0 unspecified atom stereocenters. The molecule has 0 fully saturated rings. The second kappa shape index (κ2) is 6.23. The van der Waals surface area contributed by atoms with E-state index in [9.17, 15) is 0 Å². The molecule has 0 amide bonds. The molecule has 0 spiro atoms. The van der Waals surface area contributed by atoms with Crippen molar-refractivity contribution in [2.75, 3.05) is 0 Å². The summed E-state index contributed by atoms with van der Waals surface area (Å²) >= 11 is 0. The van der Waals surface area contributed by atoms with Gasteiger partial charge < -0.3 is 14.7 Å². The summed E-state index contributed by atoms with van der Waals surface area (Å²) in [7, 11) is -4.64. The number of hydrogen-bond acceptors (Lipinski definition) is 1. The van der Waals surface area contributed by atoms with Gasteiger partial charge in [-0.1, -0.05) is 0 Å². The van der Waals surface area contributed by atoms with E-state index in [2.05, 4.69) is 0 Å². The molecule has 0 rings (SSSR count). The van der Waals surface area contributed by atoms with Crippen LogP contribution in [0, 0.1) is 0 Å². The number of rotatable bonds is 0. The van der Waals surface area contributed by atoms with E-state index in [0.717, 1.165) is 0 Å². The molecule has 0 bridgehead atoms. The summed E-state index contributed by atoms with van der Waals surface area (Å²) in [5.41, 5.74) is 0. The van der Waals surface area contributed by atoms with Gasteiger partial charge in [0.1, 0.15) is 0 Å². The third-order valence-corrected chi connectivity index (χ3v) is 0. The van der Waals surface area contributed by atoms with Gasteiger partial charge in [0, 0.05) is 1.43 Å². The van der Waals surface area contributed by atoms with Crippen molar-refractivity contribution in [1.29, 1.82) is 0 Å². The van der Waals surface area contributed by atoms with Gasteiger partial charge in [-0.15, -0.1) is 0 Å². The first-order valence-corrected chi connectivity index (χ1v) is 2.35. The van der Waals surface area contributed by atoms with Crippen LogP contribution < -0.4 is 0 Å². The van der Waals surface area contributed by atoms with Crippen molar-refractivity contribution in [3.05, 3.63) is 0 Å². The zero-order chi connectivity index (χ0) is 4.50. The Hall–Kier alpha value is 2.11. The van der Waals surface area contributed by atoms with Crippen LogP contribution in [0.15, 0.2) is 0 Å². The molecule has 37 valence electrons. The van der Waals surface area contributed by atoms with Crippen LogP contribution in [0.4, 0.5) is 0 Å². The van der Waals surface area contributed by atoms with Crippen LogP contribution >= 0.6 is 7.82 Å². The Labute approximate surface area is 86.6 Å². The molecule has 7 heavy (non-hydrogen) atoms. The van der Waals surface area contributed by atoms with Gasteiger partial charge in [-0.05, 0) is 0 Å². The quantitative estimate of drug-likeness (QED) is 0.270.